The number of aryl methyl sites for hydroxylation is 2. The molecule has 0 spiro atoms. The minimum Gasteiger partial charge on any atom is -0.493 e. The van der Waals surface area contributed by atoms with Crippen molar-refractivity contribution in [1.29, 1.82) is 0 Å². The number of ether oxygens (including phenoxy) is 2. The molecule has 3 aromatic rings. The van der Waals surface area contributed by atoms with Crippen LogP contribution in [0.5, 0.6) is 11.5 Å². The van der Waals surface area contributed by atoms with Gasteiger partial charge in [-0.15, -0.1) is 0 Å². The van der Waals surface area contributed by atoms with Crippen molar-refractivity contribution < 1.29 is 19.1 Å². The molecule has 0 unspecified atom stereocenters. The van der Waals surface area contributed by atoms with Crippen molar-refractivity contribution in [3.8, 4) is 11.5 Å². The summed E-state index contributed by atoms with van der Waals surface area (Å²) in [6.45, 7) is 4.67. The first-order chi connectivity index (χ1) is 16.3. The molecule has 1 fully saturated rings. The Morgan fingerprint density at radius 3 is 2.44 bits per heavy atom. The van der Waals surface area contributed by atoms with Crippen molar-refractivity contribution in [2.24, 2.45) is 0 Å². The van der Waals surface area contributed by atoms with Crippen LogP contribution in [0.25, 0.3) is 6.08 Å². The summed E-state index contributed by atoms with van der Waals surface area (Å²) in [5, 5.41) is -0.276. The molecule has 0 aromatic heterocycles. The van der Waals surface area contributed by atoms with Crippen LogP contribution in [-0.2, 0) is 17.9 Å². The Morgan fingerprint density at radius 1 is 0.971 bits per heavy atom. The maximum Gasteiger partial charge on any atom is 0.293 e. The third-order valence-corrected chi connectivity index (χ3v) is 6.85. The molecule has 3 aromatic carbocycles. The van der Waals surface area contributed by atoms with Crippen LogP contribution in [0.15, 0.2) is 70.0 Å². The maximum absolute atomic E-state index is 12.9. The van der Waals surface area contributed by atoms with Crippen LogP contribution in [0.2, 0.25) is 0 Å². The fourth-order valence-corrected chi connectivity index (χ4v) is 5.00. The largest absolute Gasteiger partial charge is 0.493 e. The highest BCUT2D eigenvalue weighted by molar-refractivity contribution is 9.10. The van der Waals surface area contributed by atoms with Crippen molar-refractivity contribution in [2.75, 3.05) is 7.11 Å². The topological polar surface area (TPSA) is 55.8 Å². The fraction of sp³-hybridized carbons (Fsp3) is 0.185. The zero-order valence-corrected chi connectivity index (χ0v) is 21.5. The summed E-state index contributed by atoms with van der Waals surface area (Å²) in [5.74, 6) is 0.811. The van der Waals surface area contributed by atoms with E-state index in [1.165, 1.54) is 10.5 Å². The number of imide groups is 1. The maximum atomic E-state index is 12.9. The van der Waals surface area contributed by atoms with E-state index < -0.39 is 0 Å². The summed E-state index contributed by atoms with van der Waals surface area (Å²) in [6.07, 6.45) is 1.71. The first kappa shape index (κ1) is 24.1. The summed E-state index contributed by atoms with van der Waals surface area (Å²) in [4.78, 5) is 27.1. The third-order valence-electron chi connectivity index (χ3n) is 5.35. The number of carbonyl (C=O) groups excluding carboxylic acids is 2. The van der Waals surface area contributed by atoms with E-state index in [0.29, 0.717) is 27.5 Å². The minimum absolute atomic E-state index is 0.252. The van der Waals surface area contributed by atoms with Gasteiger partial charge in [-0.05, 0) is 76.4 Å². The van der Waals surface area contributed by atoms with Gasteiger partial charge in [-0.1, -0.05) is 59.7 Å². The lowest BCUT2D eigenvalue weighted by Crippen LogP contribution is -2.27. The number of carbonyl (C=O) groups is 2. The fourth-order valence-electron chi connectivity index (χ4n) is 3.58. The van der Waals surface area contributed by atoms with Gasteiger partial charge in [-0.25, -0.2) is 0 Å². The summed E-state index contributed by atoms with van der Waals surface area (Å²) in [6, 6.07) is 19.6. The molecule has 1 aliphatic heterocycles. The number of benzene rings is 3. The molecule has 1 aliphatic rings. The van der Waals surface area contributed by atoms with Gasteiger partial charge in [0.15, 0.2) is 11.5 Å². The predicted molar refractivity (Wildman–Crippen MR) is 139 cm³/mol. The van der Waals surface area contributed by atoms with Crippen LogP contribution < -0.4 is 9.47 Å². The summed E-state index contributed by atoms with van der Waals surface area (Å²) < 4.78 is 12.3. The van der Waals surface area contributed by atoms with Crippen molar-refractivity contribution in [2.45, 2.75) is 27.0 Å². The van der Waals surface area contributed by atoms with Gasteiger partial charge < -0.3 is 9.47 Å². The van der Waals surface area contributed by atoms with Crippen molar-refractivity contribution in [3.63, 3.8) is 0 Å². The lowest BCUT2D eigenvalue weighted by Gasteiger charge is -2.14. The lowest BCUT2D eigenvalue weighted by atomic mass is 10.1. The zero-order valence-electron chi connectivity index (χ0n) is 19.1. The molecule has 0 radical (unpaired) electrons. The Morgan fingerprint density at radius 2 is 1.74 bits per heavy atom. The predicted octanol–water partition coefficient (Wildman–Crippen LogP) is 6.89. The van der Waals surface area contributed by atoms with Crippen molar-refractivity contribution in [3.05, 3.63) is 97.9 Å². The summed E-state index contributed by atoms with van der Waals surface area (Å²) in [7, 11) is 1.57. The zero-order chi connectivity index (χ0) is 24.2. The molecule has 0 saturated carbocycles. The van der Waals surface area contributed by atoms with E-state index in [2.05, 4.69) is 15.9 Å². The first-order valence-electron chi connectivity index (χ1n) is 10.7. The first-order valence-corrected chi connectivity index (χ1v) is 12.3. The second-order valence-electron chi connectivity index (χ2n) is 8.07. The molecule has 34 heavy (non-hydrogen) atoms. The number of nitrogens with zero attached hydrogens (tertiary/aromatic N) is 1. The quantitative estimate of drug-likeness (QED) is 0.307. The smallest absolute Gasteiger partial charge is 0.293 e. The van der Waals surface area contributed by atoms with Gasteiger partial charge >= 0.3 is 0 Å². The van der Waals surface area contributed by atoms with Gasteiger partial charge in [0.2, 0.25) is 0 Å². The van der Waals surface area contributed by atoms with Gasteiger partial charge in [0, 0.05) is 0 Å². The molecule has 4 rings (SSSR count). The molecule has 0 N–H and O–H groups in total. The number of rotatable bonds is 7. The Bertz CT molecular complexity index is 1270. The van der Waals surface area contributed by atoms with Crippen molar-refractivity contribution in [1.82, 2.24) is 4.90 Å². The van der Waals surface area contributed by atoms with Gasteiger partial charge in [-0.2, -0.15) is 0 Å². The minimum atomic E-state index is -0.300. The monoisotopic (exact) mass is 537 g/mol. The number of halogens is 1. The molecular formula is C27H24BrNO4S. The average molecular weight is 538 g/mol. The van der Waals surface area contributed by atoms with Crippen LogP contribution in [0, 0.1) is 13.8 Å². The third kappa shape index (κ3) is 5.54. The van der Waals surface area contributed by atoms with Crippen LogP contribution >= 0.6 is 27.7 Å². The number of amides is 2. The molecule has 0 aliphatic carbocycles. The highest BCUT2D eigenvalue weighted by Crippen LogP contribution is 2.39. The standard InChI is InChI=1S/C27H24BrNO4S/c1-17-7-9-19(10-8-17)16-33-25-22(28)12-21(13-23(25)32-3)14-24-26(30)29(27(31)34-24)15-20-6-4-5-18(2)11-20/h4-14H,15-16H2,1-3H3/b24-14-. The number of thioether (sulfide) groups is 1. The van der Waals surface area contributed by atoms with Gasteiger partial charge in [0.05, 0.1) is 23.0 Å². The van der Waals surface area contributed by atoms with Crippen LogP contribution in [0.3, 0.4) is 0 Å². The van der Waals surface area contributed by atoms with E-state index in [-0.39, 0.29) is 17.7 Å². The molecule has 5 nitrogen and oxygen atoms in total. The van der Waals surface area contributed by atoms with E-state index >= 15 is 0 Å². The van der Waals surface area contributed by atoms with Gasteiger partial charge in [0.25, 0.3) is 11.1 Å². The van der Waals surface area contributed by atoms with E-state index in [9.17, 15) is 9.59 Å². The van der Waals surface area contributed by atoms with E-state index in [1.807, 2.05) is 68.4 Å². The Kier molecular flexibility index (Phi) is 7.44. The Hall–Kier alpha value is -3.03. The molecule has 2 amide bonds. The van der Waals surface area contributed by atoms with Gasteiger partial charge in [-0.3, -0.25) is 14.5 Å². The molecule has 1 heterocycles. The summed E-state index contributed by atoms with van der Waals surface area (Å²) >= 11 is 4.50. The van der Waals surface area contributed by atoms with Crippen LogP contribution in [0.4, 0.5) is 4.79 Å². The van der Waals surface area contributed by atoms with Gasteiger partial charge in [0.1, 0.15) is 6.61 Å². The van der Waals surface area contributed by atoms with Crippen LogP contribution in [0.1, 0.15) is 27.8 Å². The average Bonchev–Trinajstić information content (AvgIpc) is 3.06. The molecule has 0 bridgehead atoms. The lowest BCUT2D eigenvalue weighted by molar-refractivity contribution is -0.123. The Labute approximate surface area is 211 Å². The number of hydrogen-bond acceptors (Lipinski definition) is 5. The molecule has 0 atom stereocenters. The van der Waals surface area contributed by atoms with E-state index in [1.54, 1.807) is 19.3 Å². The Balaban J connectivity index is 1.53. The SMILES string of the molecule is COc1cc(/C=C2\SC(=O)N(Cc3cccc(C)c3)C2=O)cc(Br)c1OCc1ccc(C)cc1. The molecule has 174 valence electrons. The summed E-state index contributed by atoms with van der Waals surface area (Å²) in [5.41, 5.74) is 4.97. The van der Waals surface area contributed by atoms with Crippen LogP contribution in [-0.4, -0.2) is 23.2 Å². The van der Waals surface area contributed by atoms with E-state index in [0.717, 1.165) is 34.0 Å². The normalized spacial score (nSPS) is 14.7. The van der Waals surface area contributed by atoms with E-state index in [4.69, 9.17) is 9.47 Å². The second kappa shape index (κ2) is 10.5. The highest BCUT2D eigenvalue weighted by Gasteiger charge is 2.35. The van der Waals surface area contributed by atoms with Crippen molar-refractivity contribution >= 4 is 44.9 Å². The highest BCUT2D eigenvalue weighted by atomic mass is 79.9. The number of methoxy groups -OCH3 is 1. The molecule has 7 heteroatoms. The molecule has 1 saturated heterocycles. The number of hydrogen-bond donors (Lipinski definition) is 0. The molecular weight excluding hydrogens is 514 g/mol. The second-order valence-corrected chi connectivity index (χ2v) is 9.91.